The summed E-state index contributed by atoms with van der Waals surface area (Å²) in [5.41, 5.74) is 12.1. The van der Waals surface area contributed by atoms with Crippen molar-refractivity contribution in [2.24, 2.45) is 16.9 Å². The smallest absolute Gasteiger partial charge is 0.255 e. The van der Waals surface area contributed by atoms with E-state index in [-0.39, 0.29) is 29.3 Å². The lowest BCUT2D eigenvalue weighted by molar-refractivity contribution is -0.120. The third-order valence-corrected chi connectivity index (χ3v) is 4.97. The van der Waals surface area contributed by atoms with Crippen molar-refractivity contribution < 1.29 is 23.8 Å². The lowest BCUT2D eigenvalue weighted by atomic mass is 9.70. The second kappa shape index (κ2) is 7.51. The van der Waals surface area contributed by atoms with E-state index in [4.69, 9.17) is 25.7 Å². The summed E-state index contributed by atoms with van der Waals surface area (Å²) in [6, 6.07) is 7.05. The first-order valence-corrected chi connectivity index (χ1v) is 9.09. The first-order valence-electron chi connectivity index (χ1n) is 9.09. The van der Waals surface area contributed by atoms with Gasteiger partial charge < -0.3 is 25.7 Å². The van der Waals surface area contributed by atoms with E-state index in [9.17, 15) is 14.9 Å². The maximum absolute atomic E-state index is 13.0. The Balaban J connectivity index is 2.10. The predicted molar refractivity (Wildman–Crippen MR) is 103 cm³/mol. The summed E-state index contributed by atoms with van der Waals surface area (Å²) in [7, 11) is 1.45. The van der Waals surface area contributed by atoms with E-state index in [0.717, 1.165) is 0 Å². The largest absolute Gasteiger partial charge is 0.493 e. The highest BCUT2D eigenvalue weighted by Gasteiger charge is 2.43. The van der Waals surface area contributed by atoms with Crippen molar-refractivity contribution in [3.63, 3.8) is 0 Å². The van der Waals surface area contributed by atoms with Gasteiger partial charge >= 0.3 is 0 Å². The van der Waals surface area contributed by atoms with Crippen molar-refractivity contribution in [2.45, 2.75) is 32.6 Å². The molecule has 1 amide bonds. The van der Waals surface area contributed by atoms with E-state index < -0.39 is 11.8 Å². The van der Waals surface area contributed by atoms with Crippen LogP contribution in [0, 0.1) is 16.7 Å². The van der Waals surface area contributed by atoms with Crippen molar-refractivity contribution in [2.75, 3.05) is 13.7 Å². The van der Waals surface area contributed by atoms with Gasteiger partial charge in [0.05, 0.1) is 13.0 Å². The number of ketones is 1. The summed E-state index contributed by atoms with van der Waals surface area (Å²) < 4.78 is 16.4. The van der Waals surface area contributed by atoms with Crippen LogP contribution in [0.4, 0.5) is 0 Å². The summed E-state index contributed by atoms with van der Waals surface area (Å²) in [5, 5.41) is 9.69. The zero-order chi connectivity index (χ0) is 21.3. The molecule has 0 saturated carbocycles. The van der Waals surface area contributed by atoms with Gasteiger partial charge in [-0.3, -0.25) is 9.59 Å². The van der Waals surface area contributed by atoms with Crippen LogP contribution in [0.3, 0.4) is 0 Å². The van der Waals surface area contributed by atoms with Crippen LogP contribution in [0.25, 0.3) is 0 Å². The molecule has 2 aliphatic rings. The Kier molecular flexibility index (Phi) is 5.25. The average molecular weight is 397 g/mol. The maximum Gasteiger partial charge on any atom is 0.255 e. The molecule has 0 fully saturated rings. The zero-order valence-electron chi connectivity index (χ0n) is 16.6. The number of primary amides is 1. The molecule has 3 rings (SSSR count). The summed E-state index contributed by atoms with van der Waals surface area (Å²) in [4.78, 5) is 24.0. The van der Waals surface area contributed by atoms with Crippen LogP contribution in [-0.2, 0) is 14.3 Å². The standard InChI is InChI=1S/C21H23N3O5/c1-21(2)7-13(25)19-16(8-21)29-20(24)12(9-22)18(19)11-4-5-14(15(6-11)27-3)28-10-17(23)26/h4-6,18H,7-8,10,24H2,1-3H3,(H2,23,26)/t18-/m1/s1. The fourth-order valence-corrected chi connectivity index (χ4v) is 3.75. The first-order chi connectivity index (χ1) is 13.7. The van der Waals surface area contributed by atoms with Crippen LogP contribution in [0.5, 0.6) is 11.5 Å². The normalized spacial score (nSPS) is 20.5. The molecule has 1 aromatic rings. The Bertz CT molecular complexity index is 985. The highest BCUT2D eigenvalue weighted by molar-refractivity contribution is 6.00. The fourth-order valence-electron chi connectivity index (χ4n) is 3.75. The van der Waals surface area contributed by atoms with Crippen molar-refractivity contribution >= 4 is 11.7 Å². The number of benzene rings is 1. The molecule has 8 nitrogen and oxygen atoms in total. The second-order valence-corrected chi connectivity index (χ2v) is 7.87. The van der Waals surface area contributed by atoms with Gasteiger partial charge in [0.25, 0.3) is 5.91 Å². The molecule has 4 N–H and O–H groups in total. The highest BCUT2D eigenvalue weighted by Crippen LogP contribution is 2.48. The number of nitriles is 1. The predicted octanol–water partition coefficient (Wildman–Crippen LogP) is 2.01. The number of Topliss-reactive ketones (excluding diaryl/α,β-unsaturated/α-hetero) is 1. The van der Waals surface area contributed by atoms with Crippen LogP contribution in [0.15, 0.2) is 41.0 Å². The molecule has 0 radical (unpaired) electrons. The maximum atomic E-state index is 13.0. The van der Waals surface area contributed by atoms with E-state index in [1.54, 1.807) is 18.2 Å². The topological polar surface area (TPSA) is 138 Å². The van der Waals surface area contributed by atoms with Crippen LogP contribution in [0.2, 0.25) is 0 Å². The van der Waals surface area contributed by atoms with E-state index in [2.05, 4.69) is 6.07 Å². The van der Waals surface area contributed by atoms with E-state index in [1.165, 1.54) is 7.11 Å². The number of hydrogen-bond donors (Lipinski definition) is 2. The number of hydrogen-bond acceptors (Lipinski definition) is 7. The number of methoxy groups -OCH3 is 1. The molecule has 0 spiro atoms. The number of allylic oxidation sites excluding steroid dienone is 3. The van der Waals surface area contributed by atoms with Gasteiger partial charge in [-0.25, -0.2) is 0 Å². The monoisotopic (exact) mass is 397 g/mol. The highest BCUT2D eigenvalue weighted by atomic mass is 16.5. The molecule has 0 saturated heterocycles. The number of amides is 1. The first kappa shape index (κ1) is 20.3. The van der Waals surface area contributed by atoms with Crippen LogP contribution in [0.1, 0.15) is 38.2 Å². The molecule has 1 aliphatic heterocycles. The van der Waals surface area contributed by atoms with Crippen molar-refractivity contribution in [3.8, 4) is 17.6 Å². The molecule has 1 aromatic carbocycles. The van der Waals surface area contributed by atoms with Gasteiger partial charge in [0.1, 0.15) is 17.4 Å². The molecule has 1 aliphatic carbocycles. The summed E-state index contributed by atoms with van der Waals surface area (Å²) >= 11 is 0. The summed E-state index contributed by atoms with van der Waals surface area (Å²) in [6.07, 6.45) is 0.891. The Morgan fingerprint density at radius 3 is 2.69 bits per heavy atom. The molecular weight excluding hydrogens is 374 g/mol. The van der Waals surface area contributed by atoms with Crippen molar-refractivity contribution in [3.05, 3.63) is 46.6 Å². The Labute approximate surface area is 168 Å². The van der Waals surface area contributed by atoms with Crippen LogP contribution in [-0.4, -0.2) is 25.4 Å². The Morgan fingerprint density at radius 1 is 1.34 bits per heavy atom. The number of nitrogens with zero attached hydrogens (tertiary/aromatic N) is 1. The fraction of sp³-hybridized carbons (Fsp3) is 0.381. The minimum atomic E-state index is -0.661. The SMILES string of the molecule is COc1cc([C@@H]2C(C#N)=C(N)OC3=C2C(=O)CC(C)(C)C3)ccc1OCC(N)=O. The summed E-state index contributed by atoms with van der Waals surface area (Å²) in [5.74, 6) is -0.190. The quantitative estimate of drug-likeness (QED) is 0.775. The van der Waals surface area contributed by atoms with E-state index in [1.807, 2.05) is 13.8 Å². The summed E-state index contributed by atoms with van der Waals surface area (Å²) in [6.45, 7) is 3.67. The molecule has 0 aromatic heterocycles. The second-order valence-electron chi connectivity index (χ2n) is 7.87. The number of nitrogens with two attached hydrogens (primary N) is 2. The third kappa shape index (κ3) is 3.90. The van der Waals surface area contributed by atoms with Crippen molar-refractivity contribution in [1.29, 1.82) is 5.26 Å². The zero-order valence-corrected chi connectivity index (χ0v) is 16.6. The van der Waals surface area contributed by atoms with Crippen LogP contribution >= 0.6 is 0 Å². The van der Waals surface area contributed by atoms with Gasteiger partial charge in [0.2, 0.25) is 5.88 Å². The molecule has 152 valence electrons. The van der Waals surface area contributed by atoms with Gasteiger partial charge in [0.15, 0.2) is 23.9 Å². The van der Waals surface area contributed by atoms with Gasteiger partial charge in [-0.1, -0.05) is 19.9 Å². The minimum absolute atomic E-state index is 0.00484. The third-order valence-electron chi connectivity index (χ3n) is 4.97. The molecular formula is C21H23N3O5. The molecule has 0 bridgehead atoms. The van der Waals surface area contributed by atoms with Gasteiger partial charge in [-0.2, -0.15) is 5.26 Å². The molecule has 0 unspecified atom stereocenters. The number of ether oxygens (including phenoxy) is 3. The van der Waals surface area contributed by atoms with E-state index in [0.29, 0.717) is 41.2 Å². The van der Waals surface area contributed by atoms with E-state index >= 15 is 0 Å². The molecule has 29 heavy (non-hydrogen) atoms. The number of carbonyl (C=O) groups excluding carboxylic acids is 2. The lowest BCUT2D eigenvalue weighted by Gasteiger charge is -2.37. The lowest BCUT2D eigenvalue weighted by Crippen LogP contribution is -2.33. The molecule has 1 heterocycles. The van der Waals surface area contributed by atoms with Crippen molar-refractivity contribution in [1.82, 2.24) is 0 Å². The van der Waals surface area contributed by atoms with Gasteiger partial charge in [-0.05, 0) is 23.1 Å². The Morgan fingerprint density at radius 2 is 2.07 bits per heavy atom. The Hall–Kier alpha value is -3.47. The van der Waals surface area contributed by atoms with Crippen LogP contribution < -0.4 is 20.9 Å². The average Bonchev–Trinajstić information content (AvgIpc) is 2.64. The number of carbonyl (C=O) groups is 2. The minimum Gasteiger partial charge on any atom is -0.493 e. The van der Waals surface area contributed by atoms with Gasteiger partial charge in [0, 0.05) is 18.4 Å². The molecule has 8 heteroatoms. The molecule has 1 atom stereocenters. The number of rotatable bonds is 5. The van der Waals surface area contributed by atoms with Gasteiger partial charge in [-0.15, -0.1) is 0 Å².